The van der Waals surface area contributed by atoms with Gasteiger partial charge >= 0.3 is 6.43 Å². The van der Waals surface area contributed by atoms with Crippen LogP contribution < -0.4 is 5.32 Å². The van der Waals surface area contributed by atoms with Crippen molar-refractivity contribution in [1.82, 2.24) is 5.32 Å². The lowest BCUT2D eigenvalue weighted by Crippen LogP contribution is -2.37. The molecule has 6 heteroatoms. The first kappa shape index (κ1) is 11.2. The van der Waals surface area contributed by atoms with E-state index < -0.39 is 18.6 Å². The molecule has 0 radical (unpaired) electrons. The molecule has 0 fully saturated rings. The first-order chi connectivity index (χ1) is 5.61. The Morgan fingerprint density at radius 2 is 1.92 bits per heavy atom. The second-order valence-corrected chi connectivity index (χ2v) is 1.95. The fourth-order valence-corrected chi connectivity index (χ4v) is 0.524. The summed E-state index contributed by atoms with van der Waals surface area (Å²) < 4.78 is 32.5. The zero-order chi connectivity index (χ0) is 9.56. The molecule has 0 aliphatic carbocycles. The van der Waals surface area contributed by atoms with Crippen LogP contribution in [0.1, 0.15) is 0 Å². The van der Waals surface area contributed by atoms with Gasteiger partial charge in [-0.3, -0.25) is 4.79 Å². The molecule has 1 amide bonds. The van der Waals surface area contributed by atoms with Gasteiger partial charge in [0.05, 0.1) is 6.54 Å². The molecule has 0 aromatic carbocycles. The number of methoxy groups -OCH3 is 2. The number of carbonyl (C=O) groups is 1. The Bertz CT molecular complexity index is 139. The van der Waals surface area contributed by atoms with Gasteiger partial charge in [-0.25, -0.2) is 0 Å². The van der Waals surface area contributed by atoms with Gasteiger partial charge in [0.15, 0.2) is 6.29 Å². The van der Waals surface area contributed by atoms with E-state index in [1.54, 1.807) is 0 Å². The van der Waals surface area contributed by atoms with Crippen molar-refractivity contribution in [3.63, 3.8) is 0 Å². The molecule has 0 saturated heterocycles. The Labute approximate surface area is 68.8 Å². The van der Waals surface area contributed by atoms with Crippen LogP contribution in [0.5, 0.6) is 0 Å². The lowest BCUT2D eigenvalue weighted by atomic mass is 10.5. The van der Waals surface area contributed by atoms with E-state index in [-0.39, 0.29) is 6.54 Å². The number of carbonyl (C=O) groups excluding carboxylic acids is 1. The molecule has 4 nitrogen and oxygen atoms in total. The van der Waals surface area contributed by atoms with Gasteiger partial charge in [0, 0.05) is 14.2 Å². The van der Waals surface area contributed by atoms with E-state index in [1.807, 2.05) is 5.32 Å². The molecule has 0 rings (SSSR count). The molecule has 0 aromatic rings. The summed E-state index contributed by atoms with van der Waals surface area (Å²) in [5.41, 5.74) is 0. The predicted octanol–water partition coefficient (Wildman–Crippen LogP) is -0.0134. The Balaban J connectivity index is 3.59. The largest absolute Gasteiger partial charge is 0.354 e. The highest BCUT2D eigenvalue weighted by molar-refractivity contribution is 5.78. The van der Waals surface area contributed by atoms with Gasteiger partial charge in [-0.05, 0) is 0 Å². The summed E-state index contributed by atoms with van der Waals surface area (Å²) in [5.74, 6) is -1.32. The van der Waals surface area contributed by atoms with Crippen molar-refractivity contribution in [1.29, 1.82) is 0 Å². The van der Waals surface area contributed by atoms with E-state index in [0.717, 1.165) is 0 Å². The van der Waals surface area contributed by atoms with Crippen LogP contribution in [0.15, 0.2) is 0 Å². The summed E-state index contributed by atoms with van der Waals surface area (Å²) in [5, 5.41) is 1.95. The van der Waals surface area contributed by atoms with Crippen LogP contribution >= 0.6 is 0 Å². The maximum atomic E-state index is 11.6. The van der Waals surface area contributed by atoms with Gasteiger partial charge in [0.25, 0.3) is 5.91 Å². The lowest BCUT2D eigenvalue weighted by molar-refractivity contribution is -0.136. The third-order valence-corrected chi connectivity index (χ3v) is 1.17. The first-order valence-electron chi connectivity index (χ1n) is 3.23. The van der Waals surface area contributed by atoms with Gasteiger partial charge < -0.3 is 14.8 Å². The van der Waals surface area contributed by atoms with Crippen molar-refractivity contribution in [2.24, 2.45) is 0 Å². The number of halogens is 2. The first-order valence-corrected chi connectivity index (χ1v) is 3.23. The fourth-order valence-electron chi connectivity index (χ4n) is 0.524. The maximum absolute atomic E-state index is 11.6. The van der Waals surface area contributed by atoms with Crippen LogP contribution in [0.25, 0.3) is 0 Å². The topological polar surface area (TPSA) is 47.6 Å². The van der Waals surface area contributed by atoms with Gasteiger partial charge in [0.2, 0.25) is 0 Å². The third kappa shape index (κ3) is 4.20. The molecular formula is C6H11F2NO3. The van der Waals surface area contributed by atoms with Crippen molar-refractivity contribution in [3.8, 4) is 0 Å². The molecule has 0 aromatic heterocycles. The van der Waals surface area contributed by atoms with E-state index in [2.05, 4.69) is 9.47 Å². The normalized spacial score (nSPS) is 10.8. The maximum Gasteiger partial charge on any atom is 0.315 e. The van der Waals surface area contributed by atoms with Gasteiger partial charge in [0.1, 0.15) is 0 Å². The van der Waals surface area contributed by atoms with Gasteiger partial charge in [-0.1, -0.05) is 0 Å². The van der Waals surface area contributed by atoms with Crippen molar-refractivity contribution < 1.29 is 23.0 Å². The standard InChI is InChI=1S/C6H11F2NO3/c1-11-4(12-2)3-9-6(10)5(7)8/h4-5H,3H2,1-2H3,(H,9,10). The van der Waals surface area contributed by atoms with E-state index in [4.69, 9.17) is 0 Å². The van der Waals surface area contributed by atoms with Gasteiger partial charge in [-0.15, -0.1) is 0 Å². The molecular weight excluding hydrogens is 172 g/mol. The summed E-state index contributed by atoms with van der Waals surface area (Å²) in [6.07, 6.45) is -3.69. The molecule has 0 aliphatic rings. The minimum Gasteiger partial charge on any atom is -0.354 e. The number of nitrogens with one attached hydrogen (secondary N) is 1. The molecule has 0 atom stereocenters. The highest BCUT2D eigenvalue weighted by Crippen LogP contribution is 1.92. The molecule has 0 spiro atoms. The molecule has 1 N–H and O–H groups in total. The molecule has 72 valence electrons. The van der Waals surface area contributed by atoms with Crippen molar-refractivity contribution >= 4 is 5.91 Å². The summed E-state index contributed by atoms with van der Waals surface area (Å²) in [4.78, 5) is 10.3. The summed E-state index contributed by atoms with van der Waals surface area (Å²) in [6, 6.07) is 0. The molecule has 0 unspecified atom stereocenters. The number of rotatable bonds is 5. The van der Waals surface area contributed by atoms with Crippen LogP contribution in [0, 0.1) is 0 Å². The quantitative estimate of drug-likeness (QED) is 0.609. The Hall–Kier alpha value is -0.750. The minimum atomic E-state index is -3.00. The number of ether oxygens (including phenoxy) is 2. The molecule has 0 saturated carbocycles. The van der Waals surface area contributed by atoms with Crippen molar-refractivity contribution in [3.05, 3.63) is 0 Å². The average Bonchev–Trinajstić information content (AvgIpc) is 2.05. The lowest BCUT2D eigenvalue weighted by Gasteiger charge is -2.13. The Kier molecular flexibility index (Phi) is 5.48. The second-order valence-electron chi connectivity index (χ2n) is 1.95. The highest BCUT2D eigenvalue weighted by Gasteiger charge is 2.16. The zero-order valence-corrected chi connectivity index (χ0v) is 6.84. The van der Waals surface area contributed by atoms with Crippen molar-refractivity contribution in [2.75, 3.05) is 20.8 Å². The van der Waals surface area contributed by atoms with E-state index in [9.17, 15) is 13.6 Å². The van der Waals surface area contributed by atoms with Gasteiger partial charge in [-0.2, -0.15) is 8.78 Å². The number of hydrogen-bond donors (Lipinski definition) is 1. The average molecular weight is 183 g/mol. The Morgan fingerprint density at radius 3 is 2.25 bits per heavy atom. The zero-order valence-electron chi connectivity index (χ0n) is 6.84. The fraction of sp³-hybridized carbons (Fsp3) is 0.833. The second kappa shape index (κ2) is 5.84. The highest BCUT2D eigenvalue weighted by atomic mass is 19.3. The molecule has 0 bridgehead atoms. The monoisotopic (exact) mass is 183 g/mol. The van der Waals surface area contributed by atoms with E-state index >= 15 is 0 Å². The molecule has 0 aliphatic heterocycles. The molecule has 12 heavy (non-hydrogen) atoms. The van der Waals surface area contributed by atoms with Crippen LogP contribution in [-0.2, 0) is 14.3 Å². The SMILES string of the molecule is COC(CNC(=O)C(F)F)OC. The number of alkyl halides is 2. The van der Waals surface area contributed by atoms with Crippen LogP contribution in [0.3, 0.4) is 0 Å². The van der Waals surface area contributed by atoms with Crippen LogP contribution in [-0.4, -0.2) is 39.4 Å². The number of amides is 1. The molecule has 0 heterocycles. The predicted molar refractivity (Wildman–Crippen MR) is 36.8 cm³/mol. The van der Waals surface area contributed by atoms with Crippen molar-refractivity contribution in [2.45, 2.75) is 12.7 Å². The summed E-state index contributed by atoms with van der Waals surface area (Å²) in [7, 11) is 2.70. The number of hydrogen-bond acceptors (Lipinski definition) is 3. The van der Waals surface area contributed by atoms with Crippen LogP contribution in [0.2, 0.25) is 0 Å². The summed E-state index contributed by atoms with van der Waals surface area (Å²) in [6.45, 7) is -0.0871. The van der Waals surface area contributed by atoms with E-state index in [0.29, 0.717) is 0 Å². The van der Waals surface area contributed by atoms with E-state index in [1.165, 1.54) is 14.2 Å². The Morgan fingerprint density at radius 1 is 1.42 bits per heavy atom. The summed E-state index contributed by atoms with van der Waals surface area (Å²) >= 11 is 0. The minimum absolute atomic E-state index is 0.0871. The smallest absolute Gasteiger partial charge is 0.315 e. The van der Waals surface area contributed by atoms with Crippen LogP contribution in [0.4, 0.5) is 8.78 Å². The third-order valence-electron chi connectivity index (χ3n) is 1.17.